The van der Waals surface area contributed by atoms with Crippen LogP contribution in [0, 0.1) is 0 Å². The molecule has 3 aromatic carbocycles. The predicted molar refractivity (Wildman–Crippen MR) is 120 cm³/mol. The molecule has 1 aliphatic rings. The van der Waals surface area contributed by atoms with Gasteiger partial charge in [-0.15, -0.1) is 0 Å². The second kappa shape index (κ2) is 8.52. The third-order valence-electron chi connectivity index (χ3n) is 4.67. The maximum Gasteiger partial charge on any atom is 0.340 e. The summed E-state index contributed by atoms with van der Waals surface area (Å²) in [4.78, 5) is 39.5. The highest BCUT2D eigenvalue weighted by atomic mass is 35.5. The molecule has 0 saturated carbocycles. The molecule has 156 valence electrons. The molecule has 0 saturated heterocycles. The van der Waals surface area contributed by atoms with Crippen LogP contribution in [0.3, 0.4) is 0 Å². The Morgan fingerprint density at radius 1 is 0.806 bits per heavy atom. The summed E-state index contributed by atoms with van der Waals surface area (Å²) in [6.45, 7) is -0.115. The third kappa shape index (κ3) is 4.02. The summed E-state index contributed by atoms with van der Waals surface area (Å²) < 4.78 is 5.36. The summed E-state index contributed by atoms with van der Waals surface area (Å²) in [6, 6.07) is 13.6. The van der Waals surface area contributed by atoms with Gasteiger partial charge in [-0.1, -0.05) is 64.6 Å². The molecule has 31 heavy (non-hydrogen) atoms. The molecule has 0 fully saturated rings. The van der Waals surface area contributed by atoms with Gasteiger partial charge < -0.3 is 4.74 Å². The van der Waals surface area contributed by atoms with Gasteiger partial charge in [-0.05, 0) is 36.4 Å². The third-order valence-corrected chi connectivity index (χ3v) is 5.98. The van der Waals surface area contributed by atoms with Crippen molar-refractivity contribution in [2.24, 2.45) is 0 Å². The molecule has 0 bridgehead atoms. The van der Waals surface area contributed by atoms with Crippen LogP contribution in [-0.2, 0) is 11.3 Å². The lowest BCUT2D eigenvalue weighted by atomic mass is 10.1. The first-order chi connectivity index (χ1) is 14.8. The summed E-state index contributed by atoms with van der Waals surface area (Å²) in [7, 11) is 0. The number of hydrogen-bond donors (Lipinski definition) is 0. The van der Waals surface area contributed by atoms with Gasteiger partial charge in [0, 0.05) is 15.6 Å². The minimum absolute atomic E-state index is 0.0410. The molecule has 4 rings (SSSR count). The number of ether oxygens (including phenoxy) is 1. The van der Waals surface area contributed by atoms with Gasteiger partial charge in [-0.2, -0.15) is 0 Å². The van der Waals surface area contributed by atoms with E-state index >= 15 is 0 Å². The van der Waals surface area contributed by atoms with Crippen molar-refractivity contribution in [2.45, 2.75) is 6.61 Å². The molecule has 1 aliphatic heterocycles. The zero-order valence-corrected chi connectivity index (χ0v) is 18.5. The normalized spacial score (nSPS) is 12.8. The average molecular weight is 495 g/mol. The number of esters is 1. The van der Waals surface area contributed by atoms with Crippen molar-refractivity contribution in [2.75, 3.05) is 4.90 Å². The lowest BCUT2D eigenvalue weighted by molar-refractivity contribution is 0.0474. The Labute approximate surface area is 197 Å². The molecule has 0 unspecified atom stereocenters. The van der Waals surface area contributed by atoms with Gasteiger partial charge in [-0.3, -0.25) is 9.59 Å². The zero-order valence-electron chi connectivity index (χ0n) is 15.5. The van der Waals surface area contributed by atoms with E-state index in [0.717, 1.165) is 4.90 Å². The largest absolute Gasteiger partial charge is 0.457 e. The number of halogens is 4. The summed E-state index contributed by atoms with van der Waals surface area (Å²) in [6.07, 6.45) is 0. The van der Waals surface area contributed by atoms with E-state index in [1.807, 2.05) is 0 Å². The van der Waals surface area contributed by atoms with Crippen LogP contribution in [0.5, 0.6) is 0 Å². The van der Waals surface area contributed by atoms with E-state index in [9.17, 15) is 14.4 Å². The number of carbonyl (C=O) groups excluding carboxylic acids is 3. The number of anilines is 1. The highest BCUT2D eigenvalue weighted by molar-refractivity contribution is 6.44. The van der Waals surface area contributed by atoms with Crippen LogP contribution in [0.25, 0.3) is 0 Å². The fourth-order valence-corrected chi connectivity index (χ4v) is 3.94. The molecule has 5 nitrogen and oxygen atoms in total. The average Bonchev–Trinajstić information content (AvgIpc) is 2.97. The Morgan fingerprint density at radius 2 is 1.42 bits per heavy atom. The smallest absolute Gasteiger partial charge is 0.340 e. The van der Waals surface area contributed by atoms with Gasteiger partial charge in [0.2, 0.25) is 0 Å². The monoisotopic (exact) mass is 493 g/mol. The molecule has 1 heterocycles. The van der Waals surface area contributed by atoms with Crippen molar-refractivity contribution in [3.8, 4) is 0 Å². The van der Waals surface area contributed by atoms with E-state index < -0.39 is 17.8 Å². The Bertz CT molecular complexity index is 1220. The summed E-state index contributed by atoms with van der Waals surface area (Å²) in [5.41, 5.74) is 0.903. The van der Waals surface area contributed by atoms with E-state index in [-0.39, 0.29) is 39.0 Å². The van der Waals surface area contributed by atoms with E-state index in [2.05, 4.69) is 0 Å². The Hall–Kier alpha value is -2.57. The number of amides is 2. The van der Waals surface area contributed by atoms with E-state index in [4.69, 9.17) is 51.1 Å². The first-order valence-electron chi connectivity index (χ1n) is 8.86. The van der Waals surface area contributed by atoms with Gasteiger partial charge in [0.25, 0.3) is 11.8 Å². The molecular formula is C22H11Cl4NO4. The molecular weight excluding hydrogens is 484 g/mol. The first kappa shape index (κ1) is 21.7. The van der Waals surface area contributed by atoms with Crippen molar-refractivity contribution in [1.82, 2.24) is 0 Å². The molecule has 3 aromatic rings. The molecule has 0 radical (unpaired) electrons. The quantitative estimate of drug-likeness (QED) is 0.308. The number of imide groups is 1. The number of rotatable bonds is 4. The fourth-order valence-electron chi connectivity index (χ4n) is 3.15. The van der Waals surface area contributed by atoms with Gasteiger partial charge in [0.05, 0.1) is 32.4 Å². The van der Waals surface area contributed by atoms with Crippen molar-refractivity contribution in [1.29, 1.82) is 0 Å². The number of nitrogens with zero attached hydrogens (tertiary/aromatic N) is 1. The molecule has 0 spiro atoms. The number of benzene rings is 3. The molecule has 0 N–H and O–H groups in total. The minimum atomic E-state index is -0.728. The maximum atomic E-state index is 12.9. The SMILES string of the molecule is O=C(OCc1ccc(Cl)cc1Cl)c1ccccc1N1C(=O)c2cc(Cl)c(Cl)cc2C1=O. The Kier molecular flexibility index (Phi) is 5.95. The second-order valence-electron chi connectivity index (χ2n) is 6.59. The predicted octanol–water partition coefficient (Wildman–Crippen LogP) is 6.46. The fraction of sp³-hybridized carbons (Fsp3) is 0.0455. The van der Waals surface area contributed by atoms with Crippen LogP contribution in [0.1, 0.15) is 36.6 Å². The lowest BCUT2D eigenvalue weighted by Crippen LogP contribution is -2.31. The molecule has 2 amide bonds. The molecule has 9 heteroatoms. The van der Waals surface area contributed by atoms with Crippen LogP contribution in [0.4, 0.5) is 5.69 Å². The van der Waals surface area contributed by atoms with Gasteiger partial charge in [0.15, 0.2) is 0 Å². The van der Waals surface area contributed by atoms with Crippen LogP contribution in [0.2, 0.25) is 20.1 Å². The highest BCUT2D eigenvalue weighted by Crippen LogP contribution is 2.35. The topological polar surface area (TPSA) is 63.7 Å². The van der Waals surface area contributed by atoms with Crippen molar-refractivity contribution in [3.05, 3.63) is 96.9 Å². The Morgan fingerprint density at radius 3 is 2.03 bits per heavy atom. The summed E-state index contributed by atoms with van der Waals surface area (Å²) >= 11 is 24.0. The first-order valence-corrected chi connectivity index (χ1v) is 10.4. The highest BCUT2D eigenvalue weighted by Gasteiger charge is 2.39. The van der Waals surface area contributed by atoms with Crippen molar-refractivity contribution in [3.63, 3.8) is 0 Å². The number of hydrogen-bond acceptors (Lipinski definition) is 4. The lowest BCUT2D eigenvalue weighted by Gasteiger charge is -2.17. The standard InChI is InChI=1S/C22H11Cl4NO4/c23-12-6-5-11(16(24)7-12)10-31-22(30)13-3-1-2-4-19(13)27-20(28)14-8-17(25)18(26)9-15(14)21(27)29/h1-9H,10H2. The van der Waals surface area contributed by atoms with Crippen LogP contribution in [0.15, 0.2) is 54.6 Å². The molecule has 0 aliphatic carbocycles. The van der Waals surface area contributed by atoms with Gasteiger partial charge in [-0.25, -0.2) is 9.69 Å². The van der Waals surface area contributed by atoms with E-state index in [1.165, 1.54) is 30.3 Å². The molecule has 0 aromatic heterocycles. The second-order valence-corrected chi connectivity index (χ2v) is 8.24. The Balaban J connectivity index is 1.64. The molecule has 0 atom stereocenters. The van der Waals surface area contributed by atoms with Crippen LogP contribution < -0.4 is 4.90 Å². The van der Waals surface area contributed by atoms with Gasteiger partial charge in [0.1, 0.15) is 6.61 Å². The van der Waals surface area contributed by atoms with Crippen LogP contribution in [-0.4, -0.2) is 17.8 Å². The number of fused-ring (bicyclic) bond motifs is 1. The summed E-state index contributed by atoms with van der Waals surface area (Å²) in [5, 5.41) is 1.10. The van der Waals surface area contributed by atoms with Crippen molar-refractivity contribution < 1.29 is 19.1 Å². The number of carbonyl (C=O) groups is 3. The maximum absolute atomic E-state index is 12.9. The zero-order chi connectivity index (χ0) is 22.3. The van der Waals surface area contributed by atoms with Crippen LogP contribution >= 0.6 is 46.4 Å². The summed E-state index contributed by atoms with van der Waals surface area (Å²) in [5.74, 6) is -1.95. The van der Waals surface area contributed by atoms with Gasteiger partial charge >= 0.3 is 5.97 Å². The minimum Gasteiger partial charge on any atom is -0.457 e. The number of para-hydroxylation sites is 1. The van der Waals surface area contributed by atoms with E-state index in [0.29, 0.717) is 15.6 Å². The van der Waals surface area contributed by atoms with Crippen molar-refractivity contribution >= 4 is 69.9 Å². The van der Waals surface area contributed by atoms with E-state index in [1.54, 1.807) is 24.3 Å².